The summed E-state index contributed by atoms with van der Waals surface area (Å²) in [5.74, 6) is 0.346. The number of aromatic nitrogens is 3. The summed E-state index contributed by atoms with van der Waals surface area (Å²) in [6.45, 7) is 1.86. The predicted octanol–water partition coefficient (Wildman–Crippen LogP) is -0.497. The average molecular weight is 342 g/mol. The topological polar surface area (TPSA) is 116 Å². The Kier molecular flexibility index (Phi) is 4.85. The first-order valence-corrected chi connectivity index (χ1v) is 8.45. The zero-order valence-electron chi connectivity index (χ0n) is 13.1. The zero-order valence-corrected chi connectivity index (χ0v) is 13.9. The third kappa shape index (κ3) is 3.59. The molecule has 2 rings (SSSR count). The maximum Gasteiger partial charge on any atom is 0.330 e. The van der Waals surface area contributed by atoms with E-state index in [4.69, 9.17) is 4.52 Å². The molecule has 0 aromatic carbocycles. The Morgan fingerprint density at radius 1 is 1.30 bits per heavy atom. The van der Waals surface area contributed by atoms with E-state index < -0.39 is 26.2 Å². The molecular weight excluding hydrogens is 324 g/mol. The molecule has 10 heteroatoms. The van der Waals surface area contributed by atoms with Gasteiger partial charge in [-0.2, -0.15) is 0 Å². The molecule has 0 bridgehead atoms. The molecule has 0 aliphatic heterocycles. The first-order chi connectivity index (χ1) is 10.8. The van der Waals surface area contributed by atoms with Gasteiger partial charge in [0.1, 0.15) is 0 Å². The minimum Gasteiger partial charge on any atom is -0.360 e. The van der Waals surface area contributed by atoms with Crippen molar-refractivity contribution < 1.29 is 12.9 Å². The third-order valence-electron chi connectivity index (χ3n) is 3.25. The number of nitrogens with one attached hydrogen (secondary N) is 1. The average Bonchev–Trinajstić information content (AvgIpc) is 2.95. The van der Waals surface area contributed by atoms with Gasteiger partial charge in [0.05, 0.1) is 12.2 Å². The van der Waals surface area contributed by atoms with E-state index in [0.717, 1.165) is 33.9 Å². The lowest BCUT2D eigenvalue weighted by Crippen LogP contribution is -2.41. The van der Waals surface area contributed by atoms with Crippen LogP contribution >= 0.6 is 0 Å². The van der Waals surface area contributed by atoms with Crippen LogP contribution < -0.4 is 16.0 Å². The van der Waals surface area contributed by atoms with Crippen molar-refractivity contribution in [2.45, 2.75) is 31.2 Å². The number of aryl methyl sites for hydroxylation is 2. The molecule has 0 radical (unpaired) electrons. The van der Waals surface area contributed by atoms with Crippen molar-refractivity contribution in [3.05, 3.63) is 44.6 Å². The number of sulfonamides is 1. The van der Waals surface area contributed by atoms with Gasteiger partial charge in [-0.25, -0.2) is 17.9 Å². The molecule has 1 N–H and O–H groups in total. The second-order valence-electron chi connectivity index (χ2n) is 5.11. The molecule has 126 valence electrons. The van der Waals surface area contributed by atoms with Crippen LogP contribution in [0.4, 0.5) is 0 Å². The van der Waals surface area contributed by atoms with Crippen molar-refractivity contribution in [1.29, 1.82) is 0 Å². The largest absolute Gasteiger partial charge is 0.360 e. The van der Waals surface area contributed by atoms with E-state index in [9.17, 15) is 18.0 Å². The predicted molar refractivity (Wildman–Crippen MR) is 81.4 cm³/mol. The van der Waals surface area contributed by atoms with E-state index in [1.807, 2.05) is 6.92 Å². The van der Waals surface area contributed by atoms with Gasteiger partial charge in [-0.1, -0.05) is 18.5 Å². The summed E-state index contributed by atoms with van der Waals surface area (Å²) >= 11 is 0. The lowest BCUT2D eigenvalue weighted by Gasteiger charge is -2.08. The standard InChI is InChI=1S/C13H18N4O5S/c1-4-5-9-6-10(22-15-9)7-14-23(20,21)11-8-16(2)13(19)17(3)12(11)18/h6,8,14H,4-5,7H2,1-3H3. The fraction of sp³-hybridized carbons (Fsp3) is 0.462. The van der Waals surface area contributed by atoms with Crippen molar-refractivity contribution in [1.82, 2.24) is 19.0 Å². The molecule has 0 spiro atoms. The molecule has 2 aromatic rings. The SMILES string of the molecule is CCCc1cc(CNS(=O)(=O)c2cn(C)c(=O)n(C)c2=O)on1. The quantitative estimate of drug-likeness (QED) is 0.757. The second kappa shape index (κ2) is 6.50. The molecule has 0 saturated carbocycles. The minimum absolute atomic E-state index is 0.134. The van der Waals surface area contributed by atoms with Crippen LogP contribution in [0, 0.1) is 0 Å². The maximum absolute atomic E-state index is 12.3. The van der Waals surface area contributed by atoms with E-state index in [2.05, 4.69) is 9.88 Å². The summed E-state index contributed by atoms with van der Waals surface area (Å²) in [5.41, 5.74) is -0.752. The lowest BCUT2D eigenvalue weighted by molar-refractivity contribution is 0.374. The Balaban J connectivity index is 2.25. The van der Waals surface area contributed by atoms with E-state index >= 15 is 0 Å². The van der Waals surface area contributed by atoms with Crippen LogP contribution in [0.3, 0.4) is 0 Å². The number of hydrogen-bond acceptors (Lipinski definition) is 6. The summed E-state index contributed by atoms with van der Waals surface area (Å²) in [7, 11) is -1.50. The fourth-order valence-corrected chi connectivity index (χ4v) is 3.17. The Labute approximate surface area is 132 Å². The molecule has 0 fully saturated rings. The summed E-state index contributed by atoms with van der Waals surface area (Å²) in [4.78, 5) is 23.1. The molecule has 2 aromatic heterocycles. The molecule has 0 unspecified atom stereocenters. The van der Waals surface area contributed by atoms with Gasteiger partial charge in [0.25, 0.3) is 5.56 Å². The molecule has 0 aliphatic rings. The Morgan fingerprint density at radius 3 is 2.65 bits per heavy atom. The van der Waals surface area contributed by atoms with E-state index in [1.54, 1.807) is 6.07 Å². The Hall–Kier alpha value is -2.20. The molecular formula is C13H18N4O5S. The Morgan fingerprint density at radius 2 is 2.00 bits per heavy atom. The molecule has 23 heavy (non-hydrogen) atoms. The van der Waals surface area contributed by atoms with Crippen LogP contribution in [-0.4, -0.2) is 22.7 Å². The second-order valence-corrected chi connectivity index (χ2v) is 6.85. The smallest absolute Gasteiger partial charge is 0.330 e. The molecule has 2 heterocycles. The summed E-state index contributed by atoms with van der Waals surface area (Å²) < 4.78 is 33.6. The molecule has 0 atom stereocenters. The lowest BCUT2D eigenvalue weighted by atomic mass is 10.2. The highest BCUT2D eigenvalue weighted by atomic mass is 32.2. The van der Waals surface area contributed by atoms with Crippen LogP contribution in [0.5, 0.6) is 0 Å². The number of rotatable bonds is 6. The van der Waals surface area contributed by atoms with Gasteiger partial charge in [0, 0.05) is 26.4 Å². The van der Waals surface area contributed by atoms with Crippen LogP contribution in [-0.2, 0) is 37.1 Å². The van der Waals surface area contributed by atoms with Crippen LogP contribution in [0.25, 0.3) is 0 Å². The molecule has 0 amide bonds. The molecule has 0 aliphatic carbocycles. The van der Waals surface area contributed by atoms with Gasteiger partial charge in [0.2, 0.25) is 10.0 Å². The van der Waals surface area contributed by atoms with Crippen molar-refractivity contribution in [2.75, 3.05) is 0 Å². The summed E-state index contributed by atoms with van der Waals surface area (Å²) in [5, 5.41) is 3.82. The molecule has 9 nitrogen and oxygen atoms in total. The first kappa shape index (κ1) is 17.2. The maximum atomic E-state index is 12.3. The van der Waals surface area contributed by atoms with E-state index in [-0.39, 0.29) is 6.54 Å². The summed E-state index contributed by atoms with van der Waals surface area (Å²) in [6.07, 6.45) is 2.62. The van der Waals surface area contributed by atoms with Gasteiger partial charge < -0.3 is 9.09 Å². The number of nitrogens with zero attached hydrogens (tertiary/aromatic N) is 3. The van der Waals surface area contributed by atoms with Crippen molar-refractivity contribution in [2.24, 2.45) is 14.1 Å². The van der Waals surface area contributed by atoms with Crippen LogP contribution in [0.15, 0.2) is 31.3 Å². The normalized spacial score (nSPS) is 11.8. The van der Waals surface area contributed by atoms with E-state index in [1.165, 1.54) is 14.1 Å². The minimum atomic E-state index is -4.08. The molecule has 0 saturated heterocycles. The van der Waals surface area contributed by atoms with Gasteiger partial charge in [-0.15, -0.1) is 0 Å². The van der Waals surface area contributed by atoms with Crippen LogP contribution in [0.2, 0.25) is 0 Å². The third-order valence-corrected chi connectivity index (χ3v) is 4.64. The zero-order chi connectivity index (χ0) is 17.2. The summed E-state index contributed by atoms with van der Waals surface area (Å²) in [6, 6.07) is 1.66. The van der Waals surface area contributed by atoms with Gasteiger partial charge in [-0.05, 0) is 6.42 Å². The fourth-order valence-electron chi connectivity index (χ4n) is 2.02. The highest BCUT2D eigenvalue weighted by molar-refractivity contribution is 7.89. The van der Waals surface area contributed by atoms with E-state index in [0.29, 0.717) is 5.76 Å². The highest BCUT2D eigenvalue weighted by Gasteiger charge is 2.21. The van der Waals surface area contributed by atoms with Gasteiger partial charge in [0.15, 0.2) is 10.7 Å². The first-order valence-electron chi connectivity index (χ1n) is 6.97. The van der Waals surface area contributed by atoms with Crippen molar-refractivity contribution in [3.8, 4) is 0 Å². The Bertz CT molecular complexity index is 923. The highest BCUT2D eigenvalue weighted by Crippen LogP contribution is 2.07. The van der Waals surface area contributed by atoms with Crippen molar-refractivity contribution >= 4 is 10.0 Å². The van der Waals surface area contributed by atoms with Gasteiger partial charge in [-0.3, -0.25) is 9.36 Å². The van der Waals surface area contributed by atoms with Crippen molar-refractivity contribution in [3.63, 3.8) is 0 Å². The van der Waals surface area contributed by atoms with Crippen LogP contribution in [0.1, 0.15) is 24.8 Å². The van der Waals surface area contributed by atoms with Gasteiger partial charge >= 0.3 is 5.69 Å². The number of hydrogen-bond donors (Lipinski definition) is 1. The monoisotopic (exact) mass is 342 g/mol.